The molecular formula is C56H95NO18. The van der Waals surface area contributed by atoms with Crippen molar-refractivity contribution in [1.82, 2.24) is 5.32 Å². The molecule has 3 aliphatic rings. The summed E-state index contributed by atoms with van der Waals surface area (Å²) in [5, 5.41) is 120. The van der Waals surface area contributed by atoms with Crippen LogP contribution in [0.5, 0.6) is 0 Å². The zero-order valence-electron chi connectivity index (χ0n) is 44.5. The van der Waals surface area contributed by atoms with Crippen molar-refractivity contribution in [2.75, 3.05) is 26.4 Å². The lowest BCUT2D eigenvalue weighted by Crippen LogP contribution is -2.66. The fourth-order valence-corrected chi connectivity index (χ4v) is 8.94. The van der Waals surface area contributed by atoms with E-state index < -0.39 is 124 Å². The molecule has 75 heavy (non-hydrogen) atoms. The van der Waals surface area contributed by atoms with E-state index in [4.69, 9.17) is 28.4 Å². The monoisotopic (exact) mass is 1070 g/mol. The van der Waals surface area contributed by atoms with Gasteiger partial charge in [0.25, 0.3) is 0 Å². The molecule has 0 aliphatic carbocycles. The number of ether oxygens (including phenoxy) is 6. The van der Waals surface area contributed by atoms with Gasteiger partial charge < -0.3 is 89.9 Å². The van der Waals surface area contributed by atoms with Crippen LogP contribution in [0, 0.1) is 0 Å². The number of nitrogens with one attached hydrogen (secondary N) is 1. The molecule has 0 spiro atoms. The van der Waals surface area contributed by atoms with Crippen molar-refractivity contribution < 1.29 is 89.4 Å². The Balaban J connectivity index is 1.50. The van der Waals surface area contributed by atoms with Crippen LogP contribution < -0.4 is 5.32 Å². The Kier molecular flexibility index (Phi) is 35.1. The van der Waals surface area contributed by atoms with Crippen molar-refractivity contribution in [3.8, 4) is 0 Å². The van der Waals surface area contributed by atoms with Crippen LogP contribution in [-0.2, 0) is 33.2 Å². The van der Waals surface area contributed by atoms with Gasteiger partial charge in [-0.2, -0.15) is 0 Å². The Labute approximate surface area is 445 Å². The zero-order valence-corrected chi connectivity index (χ0v) is 44.5. The molecule has 12 N–H and O–H groups in total. The van der Waals surface area contributed by atoms with Crippen LogP contribution in [0.2, 0.25) is 0 Å². The Morgan fingerprint density at radius 1 is 0.507 bits per heavy atom. The van der Waals surface area contributed by atoms with E-state index in [1.165, 1.54) is 38.5 Å². The van der Waals surface area contributed by atoms with Gasteiger partial charge in [-0.1, -0.05) is 131 Å². The number of aliphatic hydroxyl groups excluding tert-OH is 11. The number of carbonyl (C=O) groups excluding carboxylic acids is 1. The normalized spacial score (nSPS) is 31.8. The summed E-state index contributed by atoms with van der Waals surface area (Å²) in [6.07, 6.45) is 17.9. The molecule has 0 saturated carbocycles. The molecule has 19 nitrogen and oxygen atoms in total. The van der Waals surface area contributed by atoms with Gasteiger partial charge in [0.05, 0.1) is 38.6 Å². The summed E-state index contributed by atoms with van der Waals surface area (Å²) in [5.41, 5.74) is 0. The van der Waals surface area contributed by atoms with Gasteiger partial charge in [-0.3, -0.25) is 4.79 Å². The van der Waals surface area contributed by atoms with Crippen LogP contribution in [0.3, 0.4) is 0 Å². The van der Waals surface area contributed by atoms with Gasteiger partial charge >= 0.3 is 0 Å². The van der Waals surface area contributed by atoms with Gasteiger partial charge in [-0.15, -0.1) is 0 Å². The average molecular weight is 1070 g/mol. The molecule has 19 heteroatoms. The molecule has 432 valence electrons. The Morgan fingerprint density at radius 2 is 0.947 bits per heavy atom. The molecular weight excluding hydrogens is 975 g/mol. The SMILES string of the molecule is C/C=C/CC/C=C/CC/C=C/C(O)C(COC1OC(CO)C(OC2OC(CO)C(OC3OC(CO)C(O)C(O)C3O)C(O)C2O)C(O)C1O)NC(=O)CCCCCCCC/C=C\C/C=C\C/C=C\CCCCCCC. The minimum absolute atomic E-state index is 0.213. The predicted octanol–water partition coefficient (Wildman–Crippen LogP) is 3.48. The summed E-state index contributed by atoms with van der Waals surface area (Å²) in [4.78, 5) is 13.2. The second-order valence-electron chi connectivity index (χ2n) is 19.7. The second-order valence-corrected chi connectivity index (χ2v) is 19.7. The third kappa shape index (κ3) is 24.4. The van der Waals surface area contributed by atoms with Gasteiger partial charge in [0, 0.05) is 6.42 Å². The van der Waals surface area contributed by atoms with E-state index in [9.17, 15) is 61.0 Å². The van der Waals surface area contributed by atoms with Crippen molar-refractivity contribution in [1.29, 1.82) is 0 Å². The average Bonchev–Trinajstić information content (AvgIpc) is 3.41. The molecule has 0 radical (unpaired) electrons. The van der Waals surface area contributed by atoms with Crippen LogP contribution in [0.15, 0.2) is 72.9 Å². The summed E-state index contributed by atoms with van der Waals surface area (Å²) in [5.74, 6) is -0.310. The highest BCUT2D eigenvalue weighted by molar-refractivity contribution is 5.76. The Bertz CT molecular complexity index is 1660. The highest BCUT2D eigenvalue weighted by atomic mass is 16.8. The van der Waals surface area contributed by atoms with Crippen LogP contribution >= 0.6 is 0 Å². The van der Waals surface area contributed by atoms with Crippen LogP contribution in [0.25, 0.3) is 0 Å². The maximum atomic E-state index is 13.2. The Hall–Kier alpha value is -2.77. The van der Waals surface area contributed by atoms with Gasteiger partial charge in [-0.25, -0.2) is 0 Å². The number of amides is 1. The van der Waals surface area contributed by atoms with Crippen molar-refractivity contribution >= 4 is 5.91 Å². The molecule has 1 amide bonds. The van der Waals surface area contributed by atoms with Crippen LogP contribution in [0.4, 0.5) is 0 Å². The van der Waals surface area contributed by atoms with E-state index in [1.807, 2.05) is 13.0 Å². The highest BCUT2D eigenvalue weighted by Gasteiger charge is 2.53. The maximum Gasteiger partial charge on any atom is 0.220 e. The fraction of sp³-hybridized carbons (Fsp3) is 0.768. The number of carbonyl (C=O) groups is 1. The van der Waals surface area contributed by atoms with E-state index in [-0.39, 0.29) is 18.9 Å². The van der Waals surface area contributed by atoms with Crippen molar-refractivity contribution in [3.63, 3.8) is 0 Å². The first-order valence-corrected chi connectivity index (χ1v) is 27.7. The van der Waals surface area contributed by atoms with E-state index in [0.29, 0.717) is 12.8 Å². The first-order chi connectivity index (χ1) is 36.3. The first-order valence-electron chi connectivity index (χ1n) is 27.7. The maximum absolute atomic E-state index is 13.2. The molecule has 17 atom stereocenters. The van der Waals surface area contributed by atoms with E-state index >= 15 is 0 Å². The quantitative estimate of drug-likeness (QED) is 0.0311. The molecule has 3 rings (SSSR count). The standard InChI is InChI=1S/C56H95NO18/c1-3-5-7-9-11-13-14-15-16-17-18-19-20-21-22-23-24-26-28-30-32-34-44(62)57-39(40(61)33-31-29-27-25-12-10-8-6-4-2)38-70-54-50(68)47(65)52(42(36-59)72-54)75-56-51(69)48(66)53(43(37-60)73-56)74-55-49(67)46(64)45(63)41(35-58)71-55/h4,6,12,14-15,17-18,20-21,25,31,33,39-43,45-56,58-61,63-69H,3,5,7-11,13,16,19,22-24,26-30,32,34-38H2,1-2H3,(H,57,62)/b6-4+,15-14-,18-17-,21-20-,25-12+,33-31+. The molecule has 0 bridgehead atoms. The molecule has 3 heterocycles. The lowest BCUT2D eigenvalue weighted by molar-refractivity contribution is -0.379. The fourth-order valence-electron chi connectivity index (χ4n) is 8.94. The van der Waals surface area contributed by atoms with Crippen LogP contribution in [-0.4, -0.2) is 193 Å². The number of allylic oxidation sites excluding steroid dienone is 11. The Morgan fingerprint density at radius 3 is 1.49 bits per heavy atom. The summed E-state index contributed by atoms with van der Waals surface area (Å²) in [6, 6.07) is -1.00. The summed E-state index contributed by atoms with van der Waals surface area (Å²) < 4.78 is 34.1. The molecule has 3 aliphatic heterocycles. The van der Waals surface area contributed by atoms with Gasteiger partial charge in [0.2, 0.25) is 5.91 Å². The first kappa shape index (κ1) is 66.5. The predicted molar refractivity (Wildman–Crippen MR) is 281 cm³/mol. The van der Waals surface area contributed by atoms with Gasteiger partial charge in [0.15, 0.2) is 18.9 Å². The summed E-state index contributed by atoms with van der Waals surface area (Å²) in [7, 11) is 0. The molecule has 3 fully saturated rings. The molecule has 0 aromatic carbocycles. The highest BCUT2D eigenvalue weighted by Crippen LogP contribution is 2.33. The van der Waals surface area contributed by atoms with Crippen molar-refractivity contribution in [2.45, 2.75) is 247 Å². The number of unbranched alkanes of at least 4 members (excludes halogenated alkanes) is 13. The van der Waals surface area contributed by atoms with E-state index in [1.54, 1.807) is 12.2 Å². The van der Waals surface area contributed by atoms with E-state index in [2.05, 4.69) is 66.9 Å². The minimum atomic E-state index is -1.98. The molecule has 0 aromatic heterocycles. The third-order valence-corrected chi connectivity index (χ3v) is 13.5. The second kappa shape index (κ2) is 39.6. The lowest BCUT2D eigenvalue weighted by Gasteiger charge is -2.48. The summed E-state index contributed by atoms with van der Waals surface area (Å²) >= 11 is 0. The molecule has 3 saturated heterocycles. The number of hydrogen-bond acceptors (Lipinski definition) is 18. The molecule has 0 aromatic rings. The third-order valence-electron chi connectivity index (χ3n) is 13.5. The largest absolute Gasteiger partial charge is 0.394 e. The van der Waals surface area contributed by atoms with E-state index in [0.717, 1.165) is 70.6 Å². The number of aliphatic hydroxyl groups is 11. The molecule has 17 unspecified atom stereocenters. The number of hydrogen-bond donors (Lipinski definition) is 12. The summed E-state index contributed by atoms with van der Waals surface area (Å²) in [6.45, 7) is 1.39. The topological polar surface area (TPSA) is 307 Å². The van der Waals surface area contributed by atoms with Crippen molar-refractivity contribution in [3.05, 3.63) is 72.9 Å². The van der Waals surface area contributed by atoms with Crippen LogP contribution in [0.1, 0.15) is 142 Å². The van der Waals surface area contributed by atoms with Gasteiger partial charge in [0.1, 0.15) is 73.2 Å². The lowest BCUT2D eigenvalue weighted by atomic mass is 9.96. The minimum Gasteiger partial charge on any atom is -0.394 e. The van der Waals surface area contributed by atoms with Gasteiger partial charge in [-0.05, 0) is 77.6 Å². The zero-order chi connectivity index (χ0) is 54.8. The smallest absolute Gasteiger partial charge is 0.220 e. The van der Waals surface area contributed by atoms with Crippen molar-refractivity contribution in [2.24, 2.45) is 0 Å². The number of rotatable bonds is 38.